The highest BCUT2D eigenvalue weighted by molar-refractivity contribution is 7.09. The molecule has 1 aromatic rings. The summed E-state index contributed by atoms with van der Waals surface area (Å²) in [4.78, 5) is 15.6. The molecule has 1 atom stereocenters. The third-order valence-corrected chi connectivity index (χ3v) is 2.96. The molecule has 0 aromatic carbocycles. The molecule has 4 nitrogen and oxygen atoms in total. The van der Waals surface area contributed by atoms with Crippen molar-refractivity contribution in [2.45, 2.75) is 24.9 Å². The normalized spacial score (nSPS) is 17.8. The molecule has 14 heavy (non-hydrogen) atoms. The van der Waals surface area contributed by atoms with E-state index in [2.05, 4.69) is 10.3 Å². The van der Waals surface area contributed by atoms with Crippen LogP contribution in [0, 0.1) is 0 Å². The minimum Gasteiger partial charge on any atom is -0.468 e. The Hall–Kier alpha value is -0.940. The Kier molecular flexibility index (Phi) is 2.79. The van der Waals surface area contributed by atoms with Gasteiger partial charge in [0.15, 0.2) is 6.04 Å². The molecule has 0 aliphatic heterocycles. The Balaban J connectivity index is 2.08. The van der Waals surface area contributed by atoms with Crippen LogP contribution in [-0.2, 0) is 9.53 Å². The molecule has 1 aromatic heterocycles. The Labute approximate surface area is 86.3 Å². The van der Waals surface area contributed by atoms with Crippen LogP contribution in [0.2, 0.25) is 0 Å². The van der Waals surface area contributed by atoms with E-state index in [0.29, 0.717) is 6.04 Å². The van der Waals surface area contributed by atoms with Gasteiger partial charge in [0.2, 0.25) is 0 Å². The molecular weight excluding hydrogens is 200 g/mol. The number of aromatic nitrogens is 1. The summed E-state index contributed by atoms with van der Waals surface area (Å²) < 4.78 is 4.73. The summed E-state index contributed by atoms with van der Waals surface area (Å²) in [5.74, 6) is -0.258. The standard InChI is InChI=1S/C9H12N2O2S/c1-13-9(12)7(11-6-2-3-6)8-10-4-5-14-8/h4-7,11H,2-3H2,1H3. The number of carbonyl (C=O) groups is 1. The lowest BCUT2D eigenvalue weighted by molar-refractivity contribution is -0.143. The highest BCUT2D eigenvalue weighted by Crippen LogP contribution is 2.25. The summed E-state index contributed by atoms with van der Waals surface area (Å²) in [6, 6.07) is 0.0792. The zero-order chi connectivity index (χ0) is 9.97. The van der Waals surface area contributed by atoms with E-state index in [0.717, 1.165) is 17.8 Å². The second-order valence-corrected chi connectivity index (χ2v) is 4.19. The predicted molar refractivity (Wildman–Crippen MR) is 53.0 cm³/mol. The van der Waals surface area contributed by atoms with Crippen LogP contribution in [0.25, 0.3) is 0 Å². The summed E-state index contributed by atoms with van der Waals surface area (Å²) in [7, 11) is 1.40. The lowest BCUT2D eigenvalue weighted by Crippen LogP contribution is -2.31. The molecule has 76 valence electrons. The van der Waals surface area contributed by atoms with E-state index < -0.39 is 0 Å². The van der Waals surface area contributed by atoms with Crippen molar-refractivity contribution < 1.29 is 9.53 Å². The summed E-state index contributed by atoms with van der Waals surface area (Å²) in [5, 5.41) is 5.86. The van der Waals surface area contributed by atoms with Crippen LogP contribution in [0.3, 0.4) is 0 Å². The number of nitrogens with zero attached hydrogens (tertiary/aromatic N) is 1. The molecule has 1 aliphatic rings. The van der Waals surface area contributed by atoms with Crippen molar-refractivity contribution in [3.8, 4) is 0 Å². The number of ether oxygens (including phenoxy) is 1. The van der Waals surface area contributed by atoms with Crippen LogP contribution in [0.1, 0.15) is 23.9 Å². The molecule has 1 saturated carbocycles. The second-order valence-electron chi connectivity index (χ2n) is 3.27. The molecule has 5 heteroatoms. The molecular formula is C9H12N2O2S. The first-order chi connectivity index (χ1) is 6.81. The number of methoxy groups -OCH3 is 1. The van der Waals surface area contributed by atoms with Crippen LogP contribution >= 0.6 is 11.3 Å². The van der Waals surface area contributed by atoms with E-state index in [1.165, 1.54) is 18.4 Å². The molecule has 1 N–H and O–H groups in total. The van der Waals surface area contributed by atoms with Crippen LogP contribution < -0.4 is 5.32 Å². The lowest BCUT2D eigenvalue weighted by Gasteiger charge is -2.12. The van der Waals surface area contributed by atoms with Gasteiger partial charge in [-0.15, -0.1) is 11.3 Å². The summed E-state index contributed by atoms with van der Waals surface area (Å²) in [6.07, 6.45) is 3.97. The van der Waals surface area contributed by atoms with Crippen LogP contribution in [-0.4, -0.2) is 24.1 Å². The van der Waals surface area contributed by atoms with Crippen molar-refractivity contribution in [3.63, 3.8) is 0 Å². The van der Waals surface area contributed by atoms with Crippen molar-refractivity contribution >= 4 is 17.3 Å². The van der Waals surface area contributed by atoms with Crippen LogP contribution in [0.4, 0.5) is 0 Å². The molecule has 0 spiro atoms. The van der Waals surface area contributed by atoms with E-state index >= 15 is 0 Å². The number of esters is 1. The van der Waals surface area contributed by atoms with E-state index in [1.54, 1.807) is 6.20 Å². The second kappa shape index (κ2) is 4.06. The topological polar surface area (TPSA) is 51.2 Å². The number of carbonyl (C=O) groups excluding carboxylic acids is 1. The monoisotopic (exact) mass is 212 g/mol. The zero-order valence-electron chi connectivity index (χ0n) is 7.90. The van der Waals surface area contributed by atoms with Gasteiger partial charge in [0.1, 0.15) is 5.01 Å². The molecule has 1 fully saturated rings. The first-order valence-corrected chi connectivity index (χ1v) is 5.42. The Morgan fingerprint density at radius 1 is 1.79 bits per heavy atom. The van der Waals surface area contributed by atoms with Crippen molar-refractivity contribution in [3.05, 3.63) is 16.6 Å². The maximum absolute atomic E-state index is 11.5. The maximum atomic E-state index is 11.5. The fraction of sp³-hybridized carbons (Fsp3) is 0.556. The van der Waals surface area contributed by atoms with E-state index in [4.69, 9.17) is 4.74 Å². The molecule has 1 unspecified atom stereocenters. The summed E-state index contributed by atoms with van der Waals surface area (Å²) in [5.41, 5.74) is 0. The maximum Gasteiger partial charge on any atom is 0.330 e. The van der Waals surface area contributed by atoms with Crippen LogP contribution in [0.5, 0.6) is 0 Å². The largest absolute Gasteiger partial charge is 0.468 e. The van der Waals surface area contributed by atoms with Gasteiger partial charge >= 0.3 is 5.97 Å². The van der Waals surface area contributed by atoms with Crippen molar-refractivity contribution in [2.24, 2.45) is 0 Å². The zero-order valence-corrected chi connectivity index (χ0v) is 8.71. The number of hydrogen-bond acceptors (Lipinski definition) is 5. The number of hydrogen-bond donors (Lipinski definition) is 1. The van der Waals surface area contributed by atoms with Gasteiger partial charge in [-0.3, -0.25) is 5.32 Å². The fourth-order valence-electron chi connectivity index (χ4n) is 1.22. The van der Waals surface area contributed by atoms with E-state index in [9.17, 15) is 4.79 Å². The third kappa shape index (κ3) is 2.10. The highest BCUT2D eigenvalue weighted by Gasteiger charge is 2.31. The number of rotatable bonds is 4. The first-order valence-electron chi connectivity index (χ1n) is 4.54. The average molecular weight is 212 g/mol. The summed E-state index contributed by atoms with van der Waals surface area (Å²) in [6.45, 7) is 0. The smallest absolute Gasteiger partial charge is 0.330 e. The van der Waals surface area contributed by atoms with Crippen LogP contribution in [0.15, 0.2) is 11.6 Å². The first kappa shape index (κ1) is 9.61. The van der Waals surface area contributed by atoms with Crippen molar-refractivity contribution in [1.82, 2.24) is 10.3 Å². The molecule has 0 saturated heterocycles. The van der Waals surface area contributed by atoms with Gasteiger partial charge < -0.3 is 4.74 Å². The minimum atomic E-state index is -0.382. The Morgan fingerprint density at radius 2 is 2.57 bits per heavy atom. The minimum absolute atomic E-state index is 0.258. The van der Waals surface area contributed by atoms with Crippen molar-refractivity contribution in [2.75, 3.05) is 7.11 Å². The summed E-state index contributed by atoms with van der Waals surface area (Å²) >= 11 is 1.47. The molecule has 2 rings (SSSR count). The van der Waals surface area contributed by atoms with Gasteiger partial charge in [0.25, 0.3) is 0 Å². The molecule has 0 amide bonds. The predicted octanol–water partition coefficient (Wildman–Crippen LogP) is 1.11. The molecule has 0 bridgehead atoms. The van der Waals surface area contributed by atoms with E-state index in [-0.39, 0.29) is 12.0 Å². The van der Waals surface area contributed by atoms with Gasteiger partial charge in [0.05, 0.1) is 7.11 Å². The van der Waals surface area contributed by atoms with Crippen molar-refractivity contribution in [1.29, 1.82) is 0 Å². The van der Waals surface area contributed by atoms with Gasteiger partial charge in [-0.2, -0.15) is 0 Å². The highest BCUT2D eigenvalue weighted by atomic mass is 32.1. The number of thiazole rings is 1. The van der Waals surface area contributed by atoms with Gasteiger partial charge in [-0.25, -0.2) is 9.78 Å². The van der Waals surface area contributed by atoms with Gasteiger partial charge in [0, 0.05) is 17.6 Å². The molecule has 1 heterocycles. The third-order valence-electron chi connectivity index (χ3n) is 2.11. The lowest BCUT2D eigenvalue weighted by atomic mass is 10.3. The van der Waals surface area contributed by atoms with Gasteiger partial charge in [-0.1, -0.05) is 0 Å². The quantitative estimate of drug-likeness (QED) is 0.760. The number of nitrogens with one attached hydrogen (secondary N) is 1. The Morgan fingerprint density at radius 3 is 3.07 bits per heavy atom. The molecule has 1 aliphatic carbocycles. The fourth-order valence-corrected chi connectivity index (χ4v) is 1.90. The van der Waals surface area contributed by atoms with Gasteiger partial charge in [-0.05, 0) is 12.8 Å². The average Bonchev–Trinajstić information content (AvgIpc) is 2.86. The molecule has 0 radical (unpaired) electrons. The Bertz CT molecular complexity index is 309. The van der Waals surface area contributed by atoms with E-state index in [1.807, 2.05) is 5.38 Å². The SMILES string of the molecule is COC(=O)C(NC1CC1)c1nccs1.